The zero-order valence-corrected chi connectivity index (χ0v) is 16.7. The Hall–Kier alpha value is -2.37. The third kappa shape index (κ3) is 6.31. The van der Waals surface area contributed by atoms with E-state index in [-0.39, 0.29) is 28.8 Å². The maximum atomic E-state index is 12.9. The molecule has 29 heavy (non-hydrogen) atoms. The van der Waals surface area contributed by atoms with E-state index in [1.165, 1.54) is 12.1 Å². The SMILES string of the molecule is O=C(NCCCN1CCOCC1)c1nc(CCS(=O)(=O)c2ccc(F)cc2)no1. The van der Waals surface area contributed by atoms with E-state index in [1.807, 2.05) is 0 Å². The summed E-state index contributed by atoms with van der Waals surface area (Å²) in [5.41, 5.74) is 0. The second-order valence-electron chi connectivity index (χ2n) is 6.60. The van der Waals surface area contributed by atoms with E-state index in [1.54, 1.807) is 0 Å². The Labute approximate surface area is 168 Å². The van der Waals surface area contributed by atoms with E-state index in [9.17, 15) is 17.6 Å². The largest absolute Gasteiger partial charge is 0.379 e. The molecule has 1 aliphatic heterocycles. The van der Waals surface area contributed by atoms with Crippen LogP contribution < -0.4 is 5.32 Å². The highest BCUT2D eigenvalue weighted by molar-refractivity contribution is 7.91. The van der Waals surface area contributed by atoms with E-state index >= 15 is 0 Å². The van der Waals surface area contributed by atoms with Gasteiger partial charge >= 0.3 is 11.8 Å². The van der Waals surface area contributed by atoms with Crippen LogP contribution in [0, 0.1) is 5.82 Å². The van der Waals surface area contributed by atoms with E-state index in [4.69, 9.17) is 9.26 Å². The van der Waals surface area contributed by atoms with Gasteiger partial charge in [0, 0.05) is 26.1 Å². The van der Waals surface area contributed by atoms with Crippen molar-refractivity contribution < 1.29 is 26.9 Å². The van der Waals surface area contributed by atoms with Crippen LogP contribution in [0.4, 0.5) is 4.39 Å². The van der Waals surface area contributed by atoms with Crippen LogP contribution in [0.5, 0.6) is 0 Å². The lowest BCUT2D eigenvalue weighted by Crippen LogP contribution is -2.38. The first-order chi connectivity index (χ1) is 13.9. The molecule has 1 fully saturated rings. The number of amides is 1. The summed E-state index contributed by atoms with van der Waals surface area (Å²) in [6.45, 7) is 4.57. The second kappa shape index (κ2) is 9.90. The number of ether oxygens (including phenoxy) is 1. The molecule has 1 aliphatic rings. The van der Waals surface area contributed by atoms with Crippen LogP contribution >= 0.6 is 0 Å². The van der Waals surface area contributed by atoms with Gasteiger partial charge in [-0.3, -0.25) is 9.69 Å². The quantitative estimate of drug-likeness (QED) is 0.460. The fourth-order valence-electron chi connectivity index (χ4n) is 2.84. The van der Waals surface area contributed by atoms with Crippen molar-refractivity contribution >= 4 is 15.7 Å². The van der Waals surface area contributed by atoms with Crippen molar-refractivity contribution in [2.24, 2.45) is 0 Å². The van der Waals surface area contributed by atoms with Gasteiger partial charge in [-0.15, -0.1) is 0 Å². The molecule has 0 atom stereocenters. The molecule has 1 aromatic carbocycles. The van der Waals surface area contributed by atoms with E-state index in [0.717, 1.165) is 51.4 Å². The van der Waals surface area contributed by atoms with Crippen LogP contribution in [0.3, 0.4) is 0 Å². The normalized spacial score (nSPS) is 15.3. The minimum atomic E-state index is -3.62. The van der Waals surface area contributed by atoms with Gasteiger partial charge in [-0.25, -0.2) is 12.8 Å². The highest BCUT2D eigenvalue weighted by Gasteiger charge is 2.19. The van der Waals surface area contributed by atoms with Gasteiger partial charge in [-0.1, -0.05) is 5.16 Å². The van der Waals surface area contributed by atoms with Crippen LogP contribution in [0.1, 0.15) is 22.9 Å². The second-order valence-corrected chi connectivity index (χ2v) is 8.71. The van der Waals surface area contributed by atoms with E-state index < -0.39 is 21.6 Å². The Morgan fingerprint density at radius 1 is 1.21 bits per heavy atom. The summed E-state index contributed by atoms with van der Waals surface area (Å²) in [6, 6.07) is 4.58. The zero-order chi connectivity index (χ0) is 20.7. The Balaban J connectivity index is 1.43. The van der Waals surface area contributed by atoms with Crippen LogP contribution in [0.15, 0.2) is 33.7 Å². The lowest BCUT2D eigenvalue weighted by atomic mass is 10.3. The molecular weight excluding hydrogens is 403 g/mol. The number of carbonyl (C=O) groups is 1. The fraction of sp³-hybridized carbons (Fsp3) is 0.500. The smallest absolute Gasteiger partial charge is 0.315 e. The number of nitrogens with zero attached hydrogens (tertiary/aromatic N) is 3. The maximum Gasteiger partial charge on any atom is 0.315 e. The summed E-state index contributed by atoms with van der Waals surface area (Å²) >= 11 is 0. The summed E-state index contributed by atoms with van der Waals surface area (Å²) < 4.78 is 47.7. The number of aryl methyl sites for hydroxylation is 1. The molecule has 1 N–H and O–H groups in total. The number of benzene rings is 1. The first-order valence-corrected chi connectivity index (χ1v) is 11.0. The van der Waals surface area contributed by atoms with Crippen LogP contribution in [-0.4, -0.2) is 74.5 Å². The minimum Gasteiger partial charge on any atom is -0.379 e. The number of carbonyl (C=O) groups excluding carboxylic acids is 1. The number of sulfone groups is 1. The molecule has 1 amide bonds. The zero-order valence-electron chi connectivity index (χ0n) is 15.8. The molecular formula is C18H23FN4O5S. The van der Waals surface area contributed by atoms with Gasteiger partial charge in [0.1, 0.15) is 5.82 Å². The number of aromatic nitrogens is 2. The minimum absolute atomic E-state index is 0.0145. The molecule has 0 radical (unpaired) electrons. The summed E-state index contributed by atoms with van der Waals surface area (Å²) in [6.07, 6.45) is 0.760. The van der Waals surface area contributed by atoms with Crippen molar-refractivity contribution in [2.45, 2.75) is 17.7 Å². The highest BCUT2D eigenvalue weighted by atomic mass is 32.2. The summed E-state index contributed by atoms with van der Waals surface area (Å²) in [5, 5.41) is 6.36. The molecule has 9 nitrogen and oxygen atoms in total. The van der Waals surface area contributed by atoms with Crippen molar-refractivity contribution in [3.05, 3.63) is 41.8 Å². The number of hydrogen-bond donors (Lipinski definition) is 1. The molecule has 3 rings (SSSR count). The number of rotatable bonds is 9. The highest BCUT2D eigenvalue weighted by Crippen LogP contribution is 2.13. The molecule has 0 saturated carbocycles. The molecule has 2 heterocycles. The Bertz CT molecular complexity index is 911. The van der Waals surface area contributed by atoms with E-state index in [2.05, 4.69) is 20.4 Å². The molecule has 158 valence electrons. The van der Waals surface area contributed by atoms with Gasteiger partial charge < -0.3 is 14.6 Å². The van der Waals surface area contributed by atoms with Crippen LogP contribution in [0.25, 0.3) is 0 Å². The standard InChI is InChI=1S/C18H23FN4O5S/c19-14-2-4-15(5-3-14)29(25,26)13-6-16-21-18(28-22-16)17(24)20-7-1-8-23-9-11-27-12-10-23/h2-5H,1,6-13H2,(H,20,24). The van der Waals surface area contributed by atoms with Gasteiger partial charge in [0.05, 0.1) is 23.9 Å². The first kappa shape index (κ1) is 21.3. The Kier molecular flexibility index (Phi) is 7.29. The molecule has 2 aromatic rings. The van der Waals surface area contributed by atoms with E-state index in [0.29, 0.717) is 6.54 Å². The number of hydrogen-bond acceptors (Lipinski definition) is 8. The summed E-state index contributed by atoms with van der Waals surface area (Å²) in [7, 11) is -3.62. The number of morpholine rings is 1. The van der Waals surface area contributed by atoms with Gasteiger partial charge in [0.2, 0.25) is 0 Å². The predicted octanol–water partition coefficient (Wildman–Crippen LogP) is 0.677. The molecule has 1 saturated heterocycles. The molecule has 11 heteroatoms. The lowest BCUT2D eigenvalue weighted by molar-refractivity contribution is 0.0374. The monoisotopic (exact) mass is 426 g/mol. The third-order valence-corrected chi connectivity index (χ3v) is 6.20. The summed E-state index contributed by atoms with van der Waals surface area (Å²) in [4.78, 5) is 18.3. The Morgan fingerprint density at radius 3 is 2.66 bits per heavy atom. The number of nitrogens with one attached hydrogen (secondary N) is 1. The lowest BCUT2D eigenvalue weighted by Gasteiger charge is -2.26. The first-order valence-electron chi connectivity index (χ1n) is 9.33. The van der Waals surface area contributed by atoms with Gasteiger partial charge in [-0.2, -0.15) is 4.98 Å². The number of halogens is 1. The van der Waals surface area contributed by atoms with Crippen molar-refractivity contribution in [2.75, 3.05) is 45.1 Å². The van der Waals surface area contributed by atoms with Crippen molar-refractivity contribution in [3.8, 4) is 0 Å². The Morgan fingerprint density at radius 2 is 1.93 bits per heavy atom. The predicted molar refractivity (Wildman–Crippen MR) is 101 cm³/mol. The molecule has 0 aliphatic carbocycles. The maximum absolute atomic E-state index is 12.9. The molecule has 0 bridgehead atoms. The average Bonchev–Trinajstić information content (AvgIpc) is 3.20. The molecule has 0 spiro atoms. The van der Waals surface area contributed by atoms with Gasteiger partial charge in [-0.05, 0) is 37.2 Å². The fourth-order valence-corrected chi connectivity index (χ4v) is 4.08. The third-order valence-electron chi connectivity index (χ3n) is 4.47. The van der Waals surface area contributed by atoms with Crippen LogP contribution in [-0.2, 0) is 21.0 Å². The van der Waals surface area contributed by atoms with Crippen molar-refractivity contribution in [1.82, 2.24) is 20.4 Å². The summed E-state index contributed by atoms with van der Waals surface area (Å²) in [5.74, 6) is -1.37. The van der Waals surface area contributed by atoms with Crippen molar-refractivity contribution in [3.63, 3.8) is 0 Å². The van der Waals surface area contributed by atoms with Gasteiger partial charge in [0.25, 0.3) is 0 Å². The average molecular weight is 426 g/mol. The van der Waals surface area contributed by atoms with Gasteiger partial charge in [0.15, 0.2) is 15.7 Å². The molecule has 0 unspecified atom stereocenters. The molecule has 1 aromatic heterocycles. The van der Waals surface area contributed by atoms with Crippen LogP contribution in [0.2, 0.25) is 0 Å². The van der Waals surface area contributed by atoms with Crippen molar-refractivity contribution in [1.29, 1.82) is 0 Å². The topological polar surface area (TPSA) is 115 Å².